The average Bonchev–Trinajstić information content (AvgIpc) is 3.68. The maximum atomic E-state index is 12.2. The summed E-state index contributed by atoms with van der Waals surface area (Å²) in [5, 5.41) is 31.7. The van der Waals surface area contributed by atoms with Crippen molar-refractivity contribution in [3.8, 4) is 22.5 Å². The van der Waals surface area contributed by atoms with Crippen molar-refractivity contribution in [3.63, 3.8) is 0 Å². The zero-order valence-corrected chi connectivity index (χ0v) is 26.4. The first-order valence-corrected chi connectivity index (χ1v) is 15.2. The lowest BCUT2D eigenvalue weighted by molar-refractivity contribution is -0.763. The molecule has 0 aliphatic heterocycles. The van der Waals surface area contributed by atoms with Crippen molar-refractivity contribution >= 4 is 23.7 Å². The first-order valence-electron chi connectivity index (χ1n) is 14.8. The number of hydrogen-bond acceptors (Lipinski definition) is 11. The molecule has 0 saturated carbocycles. The number of aromatic carboxylic acids is 1. The molecule has 2 heterocycles. The predicted molar refractivity (Wildman–Crippen MR) is 170 cm³/mol. The van der Waals surface area contributed by atoms with Crippen LogP contribution in [-0.4, -0.2) is 52.1 Å². The van der Waals surface area contributed by atoms with E-state index in [0.29, 0.717) is 41.3 Å². The van der Waals surface area contributed by atoms with Gasteiger partial charge in [-0.25, -0.2) is 14.6 Å². The molecule has 15 nitrogen and oxygen atoms in total. The molecule has 5 aromatic rings. The number of carbonyl (C=O) groups excluding carboxylic acids is 1. The van der Waals surface area contributed by atoms with Crippen LogP contribution in [0.5, 0.6) is 0 Å². The summed E-state index contributed by atoms with van der Waals surface area (Å²) in [4.78, 5) is 44.3. The zero-order valence-electron chi connectivity index (χ0n) is 25.7. The topological polar surface area (TPSA) is 187 Å². The minimum Gasteiger partial charge on any atom is -0.476 e. The van der Waals surface area contributed by atoms with E-state index in [2.05, 4.69) is 32.2 Å². The molecular weight excluding hydrogens is 646 g/mol. The molecule has 0 aliphatic rings. The van der Waals surface area contributed by atoms with Gasteiger partial charge in [-0.15, -0.1) is 25.1 Å². The Labute approximate surface area is 278 Å². The molecule has 1 N–H and O–H groups in total. The van der Waals surface area contributed by atoms with Crippen molar-refractivity contribution in [2.75, 3.05) is 0 Å². The smallest absolute Gasteiger partial charge is 0.476 e. The monoisotopic (exact) mass is 675 g/mol. The molecule has 5 rings (SSSR count). The van der Waals surface area contributed by atoms with Gasteiger partial charge in [0, 0.05) is 18.5 Å². The third-order valence-electron chi connectivity index (χ3n) is 7.17. The molecule has 0 amide bonds. The van der Waals surface area contributed by atoms with Crippen LogP contribution in [0.25, 0.3) is 22.5 Å². The summed E-state index contributed by atoms with van der Waals surface area (Å²) in [6, 6.07) is 21.8. The van der Waals surface area contributed by atoms with Crippen LogP contribution in [0, 0.1) is 10.1 Å². The first kappa shape index (κ1) is 33.5. The predicted octanol–water partition coefficient (Wildman–Crippen LogP) is 5.97. The number of ether oxygens (including phenoxy) is 2. The van der Waals surface area contributed by atoms with Crippen LogP contribution in [0.2, 0.25) is 5.15 Å². The second-order valence-electron chi connectivity index (χ2n) is 10.5. The van der Waals surface area contributed by atoms with E-state index in [-0.39, 0.29) is 30.8 Å². The van der Waals surface area contributed by atoms with Gasteiger partial charge in [-0.05, 0) is 39.5 Å². The Balaban J connectivity index is 1.22. The molecule has 2 aromatic heterocycles. The van der Waals surface area contributed by atoms with Gasteiger partial charge in [-0.3, -0.25) is 0 Å². The summed E-state index contributed by atoms with van der Waals surface area (Å²) in [7, 11) is 0. The fraction of sp³-hybridized carbons (Fsp3) is 0.250. The summed E-state index contributed by atoms with van der Waals surface area (Å²) in [6.45, 7) is 1.65. The molecule has 0 radical (unpaired) electrons. The lowest BCUT2D eigenvalue weighted by atomic mass is 9.98. The molecule has 0 bridgehead atoms. The van der Waals surface area contributed by atoms with Crippen LogP contribution in [0.1, 0.15) is 52.8 Å². The maximum Gasteiger partial charge on any atom is 0.510 e. The van der Waals surface area contributed by atoms with Gasteiger partial charge in [0.1, 0.15) is 19.0 Å². The third kappa shape index (κ3) is 8.50. The number of aryl methyl sites for hydroxylation is 1. The molecule has 16 heteroatoms. The number of rotatable bonds is 15. The summed E-state index contributed by atoms with van der Waals surface area (Å²) in [5.74, 6) is -0.192. The highest BCUT2D eigenvalue weighted by Crippen LogP contribution is 2.30. The average molecular weight is 676 g/mol. The summed E-state index contributed by atoms with van der Waals surface area (Å²) < 4.78 is 11.9. The van der Waals surface area contributed by atoms with Crippen LogP contribution >= 0.6 is 11.6 Å². The standard InChI is InChI=1S/C32H30ClN7O8/c1-2-3-11-27-34-29(33)28(31(41)42)38(27)17-21-12-14-24(15-13-21)25-9-4-5-10-26(25)30-35-37-39(36-30)20-47-32(43)46-18-22-7-6-8-23(16-22)19-48-40(44)45/h4-10,12-16H,2-3,11,17-20H2,1H3,(H,41,42). The highest BCUT2D eigenvalue weighted by molar-refractivity contribution is 6.32. The number of carbonyl (C=O) groups is 2. The molecule has 0 atom stereocenters. The number of halogens is 1. The Bertz CT molecular complexity index is 1910. The largest absolute Gasteiger partial charge is 0.510 e. The Hall–Kier alpha value is -5.83. The van der Waals surface area contributed by atoms with E-state index in [1.807, 2.05) is 48.5 Å². The summed E-state index contributed by atoms with van der Waals surface area (Å²) >= 11 is 6.18. The minimum absolute atomic E-state index is 0.0208. The number of aromatic nitrogens is 6. The number of carboxylic acids is 1. The van der Waals surface area contributed by atoms with Gasteiger partial charge in [0.15, 0.2) is 10.8 Å². The van der Waals surface area contributed by atoms with Crippen LogP contribution < -0.4 is 0 Å². The maximum absolute atomic E-state index is 12.2. The molecule has 48 heavy (non-hydrogen) atoms. The van der Waals surface area contributed by atoms with Crippen molar-refractivity contribution in [3.05, 3.63) is 116 Å². The van der Waals surface area contributed by atoms with Crippen LogP contribution in [0.3, 0.4) is 0 Å². The highest BCUT2D eigenvalue weighted by Gasteiger charge is 2.22. The molecule has 0 fully saturated rings. The van der Waals surface area contributed by atoms with Crippen molar-refractivity contribution in [2.45, 2.75) is 52.7 Å². The fourth-order valence-electron chi connectivity index (χ4n) is 4.91. The quantitative estimate of drug-likeness (QED) is 0.0780. The SMILES string of the molecule is CCCCc1nc(Cl)c(C(=O)O)n1Cc1ccc(-c2ccccc2-c2nnn(COC(=O)OCc3cccc(CO[N+](=O)[O-])c3)n2)cc1. The molecule has 0 saturated heterocycles. The van der Waals surface area contributed by atoms with Crippen molar-refractivity contribution in [1.82, 2.24) is 29.8 Å². The number of tetrazole rings is 1. The lowest BCUT2D eigenvalue weighted by Crippen LogP contribution is -2.13. The molecule has 0 aliphatic carbocycles. The van der Waals surface area contributed by atoms with Gasteiger partial charge >= 0.3 is 12.1 Å². The van der Waals surface area contributed by atoms with Crippen LogP contribution in [0.4, 0.5) is 4.79 Å². The van der Waals surface area contributed by atoms with Crippen molar-refractivity contribution < 1.29 is 34.1 Å². The van der Waals surface area contributed by atoms with Crippen molar-refractivity contribution in [1.29, 1.82) is 0 Å². The molecule has 248 valence electrons. The number of benzene rings is 3. The van der Waals surface area contributed by atoms with Crippen LogP contribution in [0.15, 0.2) is 72.8 Å². The fourth-order valence-corrected chi connectivity index (χ4v) is 5.19. The lowest BCUT2D eigenvalue weighted by Gasteiger charge is -2.12. The van der Waals surface area contributed by atoms with Gasteiger partial charge in [0.2, 0.25) is 12.6 Å². The number of unbranched alkanes of at least 4 members (excludes halogenated alkanes) is 1. The van der Waals surface area contributed by atoms with Gasteiger partial charge < -0.3 is 24.0 Å². The van der Waals surface area contributed by atoms with Gasteiger partial charge in [-0.2, -0.15) is 0 Å². The van der Waals surface area contributed by atoms with E-state index >= 15 is 0 Å². The van der Waals surface area contributed by atoms with Crippen molar-refractivity contribution in [2.24, 2.45) is 0 Å². The number of hydrogen-bond donors (Lipinski definition) is 1. The van der Waals surface area contributed by atoms with Gasteiger partial charge in [0.25, 0.3) is 5.09 Å². The minimum atomic E-state index is -1.13. The van der Waals surface area contributed by atoms with E-state index in [1.54, 1.807) is 28.8 Å². The Morgan fingerprint density at radius 2 is 1.69 bits per heavy atom. The summed E-state index contributed by atoms with van der Waals surface area (Å²) in [6.07, 6.45) is 1.45. The highest BCUT2D eigenvalue weighted by atomic mass is 35.5. The summed E-state index contributed by atoms with van der Waals surface area (Å²) in [5.41, 5.74) is 4.36. The molecular formula is C32H30ClN7O8. The molecule has 0 spiro atoms. The Morgan fingerprint density at radius 1 is 0.958 bits per heavy atom. The number of nitrogens with zero attached hydrogens (tertiary/aromatic N) is 7. The third-order valence-corrected chi connectivity index (χ3v) is 7.43. The second kappa shape index (κ2) is 15.6. The van der Waals surface area contributed by atoms with Crippen LogP contribution in [-0.2, 0) is 47.2 Å². The normalized spacial score (nSPS) is 10.9. The van der Waals surface area contributed by atoms with E-state index in [4.69, 9.17) is 21.1 Å². The number of carboxylic acid groups (broad SMARTS) is 1. The first-order chi connectivity index (χ1) is 23.2. The van der Waals surface area contributed by atoms with E-state index in [0.717, 1.165) is 34.3 Å². The number of imidazole rings is 1. The molecule has 0 unspecified atom stereocenters. The van der Waals surface area contributed by atoms with Gasteiger partial charge in [-0.1, -0.05) is 97.7 Å². The van der Waals surface area contributed by atoms with E-state index in [9.17, 15) is 24.8 Å². The van der Waals surface area contributed by atoms with E-state index in [1.165, 1.54) is 0 Å². The Kier molecular flexibility index (Phi) is 10.9. The second-order valence-corrected chi connectivity index (χ2v) is 10.9. The Morgan fingerprint density at radius 3 is 2.40 bits per heavy atom. The zero-order chi connectivity index (χ0) is 34.0. The molecule has 3 aromatic carbocycles. The van der Waals surface area contributed by atoms with E-state index < -0.39 is 17.2 Å². The van der Waals surface area contributed by atoms with Gasteiger partial charge in [0.05, 0.1) is 0 Å².